The van der Waals surface area contributed by atoms with Crippen molar-refractivity contribution in [2.24, 2.45) is 5.92 Å². The summed E-state index contributed by atoms with van der Waals surface area (Å²) in [6.07, 6.45) is 7.55. The zero-order valence-corrected chi connectivity index (χ0v) is 18.9. The predicted molar refractivity (Wildman–Crippen MR) is 129 cm³/mol. The van der Waals surface area contributed by atoms with Gasteiger partial charge in [0.2, 0.25) is 0 Å². The zero-order valence-electron chi connectivity index (χ0n) is 17.3. The Balaban J connectivity index is 1.38. The molecule has 4 heteroatoms. The molecule has 0 fully saturated rings. The zero-order chi connectivity index (χ0) is 21.2. The highest BCUT2D eigenvalue weighted by Gasteiger charge is 2.39. The molecule has 3 aromatic carbocycles. The maximum Gasteiger partial charge on any atom is 0.142 e. The van der Waals surface area contributed by atoms with Crippen molar-refractivity contribution in [2.75, 3.05) is 11.9 Å². The molecule has 0 aromatic heterocycles. The van der Waals surface area contributed by atoms with Crippen LogP contribution in [0.4, 0.5) is 5.69 Å². The molecule has 3 aromatic rings. The molecule has 3 nitrogen and oxygen atoms in total. The van der Waals surface area contributed by atoms with E-state index in [4.69, 9.17) is 4.74 Å². The van der Waals surface area contributed by atoms with Crippen molar-refractivity contribution in [1.29, 1.82) is 0 Å². The van der Waals surface area contributed by atoms with Crippen molar-refractivity contribution in [2.45, 2.75) is 31.2 Å². The normalized spacial score (nSPS) is 21.3. The molecule has 2 N–H and O–H groups in total. The van der Waals surface area contributed by atoms with Crippen molar-refractivity contribution in [3.8, 4) is 11.5 Å². The number of benzene rings is 3. The van der Waals surface area contributed by atoms with Gasteiger partial charge >= 0.3 is 0 Å². The third kappa shape index (κ3) is 4.09. The van der Waals surface area contributed by atoms with E-state index in [0.717, 1.165) is 40.7 Å². The fourth-order valence-corrected chi connectivity index (χ4v) is 5.28. The second-order valence-corrected chi connectivity index (χ2v) is 9.25. The van der Waals surface area contributed by atoms with E-state index >= 15 is 0 Å². The van der Waals surface area contributed by atoms with Crippen LogP contribution in [0, 0.1) is 5.92 Å². The van der Waals surface area contributed by atoms with E-state index in [1.165, 1.54) is 11.1 Å². The van der Waals surface area contributed by atoms with Crippen LogP contribution in [0.15, 0.2) is 83.4 Å². The number of hydrogen-bond donors (Lipinski definition) is 2. The number of rotatable bonds is 6. The van der Waals surface area contributed by atoms with Gasteiger partial charge in [0.15, 0.2) is 0 Å². The van der Waals surface area contributed by atoms with Crippen LogP contribution in [0.5, 0.6) is 11.5 Å². The second kappa shape index (κ2) is 8.80. The topological polar surface area (TPSA) is 41.5 Å². The molecule has 0 bridgehead atoms. The van der Waals surface area contributed by atoms with Crippen molar-refractivity contribution in [3.05, 3.63) is 100 Å². The third-order valence-corrected chi connectivity index (χ3v) is 6.89. The van der Waals surface area contributed by atoms with Crippen LogP contribution < -0.4 is 10.1 Å². The van der Waals surface area contributed by atoms with Crippen LogP contribution in [-0.2, 0) is 6.42 Å². The molecule has 3 atom stereocenters. The highest BCUT2D eigenvalue weighted by atomic mass is 79.9. The summed E-state index contributed by atoms with van der Waals surface area (Å²) in [5.74, 6) is 1.92. The summed E-state index contributed by atoms with van der Waals surface area (Å²) in [5.41, 5.74) is 4.60. The van der Waals surface area contributed by atoms with Gasteiger partial charge in [0.25, 0.3) is 0 Å². The number of ether oxygens (including phenoxy) is 1. The first-order chi connectivity index (χ1) is 15.2. The van der Waals surface area contributed by atoms with Gasteiger partial charge in [-0.15, -0.1) is 0 Å². The molecule has 0 radical (unpaired) electrons. The van der Waals surface area contributed by atoms with Crippen LogP contribution >= 0.6 is 15.9 Å². The van der Waals surface area contributed by atoms with Gasteiger partial charge in [-0.25, -0.2) is 0 Å². The molecule has 1 heterocycles. The molecule has 3 unspecified atom stereocenters. The molecule has 1 aliphatic carbocycles. The highest BCUT2D eigenvalue weighted by Crippen LogP contribution is 2.53. The van der Waals surface area contributed by atoms with Gasteiger partial charge < -0.3 is 15.2 Å². The van der Waals surface area contributed by atoms with Crippen LogP contribution in [0.3, 0.4) is 0 Å². The molecule has 5 rings (SSSR count). The molecule has 0 saturated heterocycles. The van der Waals surface area contributed by atoms with E-state index in [-0.39, 0.29) is 6.04 Å². The molecular weight excluding hydrogens is 450 g/mol. The van der Waals surface area contributed by atoms with Gasteiger partial charge in [0.05, 0.1) is 18.3 Å². The van der Waals surface area contributed by atoms with Crippen LogP contribution in [0.25, 0.3) is 0 Å². The quantitative estimate of drug-likeness (QED) is 0.298. The van der Waals surface area contributed by atoms with Gasteiger partial charge in [-0.3, -0.25) is 0 Å². The summed E-state index contributed by atoms with van der Waals surface area (Å²) in [5, 5.41) is 14.3. The number of para-hydroxylation sites is 1. The predicted octanol–water partition coefficient (Wildman–Crippen LogP) is 6.99. The van der Waals surface area contributed by atoms with E-state index in [1.54, 1.807) is 6.07 Å². The molecule has 158 valence electrons. The Morgan fingerprint density at radius 2 is 1.87 bits per heavy atom. The molecule has 0 amide bonds. The van der Waals surface area contributed by atoms with Crippen molar-refractivity contribution in [1.82, 2.24) is 0 Å². The lowest BCUT2D eigenvalue weighted by Crippen LogP contribution is -2.29. The first-order valence-corrected chi connectivity index (χ1v) is 11.7. The lowest BCUT2D eigenvalue weighted by Gasteiger charge is -2.38. The molecule has 0 spiro atoms. The number of fused-ring (bicyclic) bond motifs is 3. The van der Waals surface area contributed by atoms with E-state index in [0.29, 0.717) is 24.2 Å². The Morgan fingerprint density at radius 3 is 2.74 bits per heavy atom. The smallest absolute Gasteiger partial charge is 0.142 e. The summed E-state index contributed by atoms with van der Waals surface area (Å²) in [6, 6.07) is 22.6. The number of aromatic hydroxyl groups is 1. The number of halogens is 1. The lowest BCUT2D eigenvalue weighted by atomic mass is 9.76. The summed E-state index contributed by atoms with van der Waals surface area (Å²) in [7, 11) is 0. The van der Waals surface area contributed by atoms with E-state index in [1.807, 2.05) is 24.3 Å². The average Bonchev–Trinajstić information content (AvgIpc) is 3.29. The number of anilines is 1. The number of nitrogens with one attached hydrogen (secondary N) is 1. The van der Waals surface area contributed by atoms with Crippen molar-refractivity contribution in [3.63, 3.8) is 0 Å². The maximum atomic E-state index is 10.6. The summed E-state index contributed by atoms with van der Waals surface area (Å²) in [6.45, 7) is 0.670. The van der Waals surface area contributed by atoms with Gasteiger partial charge in [-0.1, -0.05) is 70.5 Å². The number of phenols is 1. The Bertz CT molecular complexity index is 1100. The van der Waals surface area contributed by atoms with E-state index < -0.39 is 0 Å². The Kier molecular flexibility index (Phi) is 5.73. The minimum absolute atomic E-state index is 0.0269. The van der Waals surface area contributed by atoms with Crippen LogP contribution in [0.1, 0.15) is 41.5 Å². The van der Waals surface area contributed by atoms with Gasteiger partial charge in [0, 0.05) is 16.0 Å². The minimum atomic E-state index is 0.0269. The van der Waals surface area contributed by atoms with Crippen LogP contribution in [-0.4, -0.2) is 11.7 Å². The fourth-order valence-electron chi connectivity index (χ4n) is 4.90. The first-order valence-electron chi connectivity index (χ1n) is 10.9. The standard InChI is InChI=1S/C27H26BrNO2/c28-19-14-15-24(30)23(17-19)26-21-11-4-10-20(21)22-12-5-13-25(27(22)29-26)31-16-6-9-18-7-2-1-3-8-18/h1-5,7-8,10,12-15,17,20-21,26,29-30H,6,9,11,16H2. The first kappa shape index (κ1) is 20.2. The molecule has 1 aliphatic heterocycles. The minimum Gasteiger partial charge on any atom is -0.508 e. The number of phenolic OH excluding ortho intramolecular Hbond substituents is 1. The summed E-state index contributed by atoms with van der Waals surface area (Å²) in [4.78, 5) is 0. The van der Waals surface area contributed by atoms with Crippen LogP contribution in [0.2, 0.25) is 0 Å². The van der Waals surface area contributed by atoms with Crippen molar-refractivity contribution < 1.29 is 9.84 Å². The number of hydrogen-bond acceptors (Lipinski definition) is 3. The monoisotopic (exact) mass is 475 g/mol. The van der Waals surface area contributed by atoms with Gasteiger partial charge in [-0.05, 0) is 60.6 Å². The van der Waals surface area contributed by atoms with E-state index in [2.05, 4.69) is 69.8 Å². The maximum absolute atomic E-state index is 10.6. The molecular formula is C27H26BrNO2. The summed E-state index contributed by atoms with van der Waals surface area (Å²) >= 11 is 3.56. The second-order valence-electron chi connectivity index (χ2n) is 8.34. The van der Waals surface area contributed by atoms with Gasteiger partial charge in [0.1, 0.15) is 11.5 Å². The molecule has 31 heavy (non-hydrogen) atoms. The lowest BCUT2D eigenvalue weighted by molar-refractivity contribution is 0.309. The third-order valence-electron chi connectivity index (χ3n) is 6.39. The number of allylic oxidation sites excluding steroid dienone is 2. The Morgan fingerprint density at radius 1 is 1.00 bits per heavy atom. The van der Waals surface area contributed by atoms with E-state index in [9.17, 15) is 5.11 Å². The molecule has 2 aliphatic rings. The highest BCUT2D eigenvalue weighted by molar-refractivity contribution is 9.10. The van der Waals surface area contributed by atoms with Gasteiger partial charge in [-0.2, -0.15) is 0 Å². The summed E-state index contributed by atoms with van der Waals surface area (Å²) < 4.78 is 7.23. The molecule has 0 saturated carbocycles. The fraction of sp³-hybridized carbons (Fsp3) is 0.259. The van der Waals surface area contributed by atoms with Crippen molar-refractivity contribution >= 4 is 21.6 Å². The Hall–Kier alpha value is -2.72. The number of aryl methyl sites for hydroxylation is 1. The average molecular weight is 476 g/mol. The Labute approximate surface area is 191 Å². The largest absolute Gasteiger partial charge is 0.508 e. The SMILES string of the molecule is Oc1ccc(Br)cc1C1Nc2c(OCCCc3ccccc3)cccc2C2C=CCC21.